The summed E-state index contributed by atoms with van der Waals surface area (Å²) in [7, 11) is 0. The smallest absolute Gasteiger partial charge is 0.254 e. The zero-order chi connectivity index (χ0) is 18.1. The minimum Gasteiger partial charge on any atom is -0.454 e. The fourth-order valence-electron chi connectivity index (χ4n) is 3.60. The summed E-state index contributed by atoms with van der Waals surface area (Å²) >= 11 is 0. The van der Waals surface area contributed by atoms with Gasteiger partial charge < -0.3 is 19.3 Å². The van der Waals surface area contributed by atoms with Gasteiger partial charge in [-0.1, -0.05) is 6.07 Å². The molecule has 2 aromatic rings. The summed E-state index contributed by atoms with van der Waals surface area (Å²) in [5.74, 6) is 1.81. The number of quaternary nitrogens is 1. The Balaban J connectivity index is 1.35. The van der Waals surface area contributed by atoms with Gasteiger partial charge in [-0.05, 0) is 55.3 Å². The minimum absolute atomic E-state index is 0.148. The number of hydrogen-bond acceptors (Lipinski definition) is 3. The number of nitrogens with one attached hydrogen (secondary N) is 1. The molecule has 0 saturated carbocycles. The molecule has 2 aromatic carbocycles. The lowest BCUT2D eigenvalue weighted by molar-refractivity contribution is -0.917. The van der Waals surface area contributed by atoms with Crippen LogP contribution in [-0.2, 0) is 6.54 Å². The van der Waals surface area contributed by atoms with Crippen LogP contribution in [0.15, 0.2) is 36.4 Å². The molecule has 0 spiro atoms. The summed E-state index contributed by atoms with van der Waals surface area (Å²) < 4.78 is 10.8. The Kier molecular flexibility index (Phi) is 4.55. The molecular weight excluding hydrogens is 328 g/mol. The van der Waals surface area contributed by atoms with Crippen LogP contribution in [0.1, 0.15) is 27.0 Å². The number of aryl methyl sites for hydroxylation is 2. The van der Waals surface area contributed by atoms with Crippen LogP contribution in [0.3, 0.4) is 0 Å². The number of fused-ring (bicyclic) bond motifs is 1. The predicted octanol–water partition coefficient (Wildman–Crippen LogP) is 1.57. The van der Waals surface area contributed by atoms with Gasteiger partial charge in [0.05, 0.1) is 26.2 Å². The molecule has 0 unspecified atom stereocenters. The summed E-state index contributed by atoms with van der Waals surface area (Å²) in [6, 6.07) is 12.1. The number of hydrogen-bond donors (Lipinski definition) is 1. The second-order valence-electron chi connectivity index (χ2n) is 7.21. The highest BCUT2D eigenvalue weighted by atomic mass is 16.7. The molecule has 5 nitrogen and oxygen atoms in total. The molecule has 2 aliphatic rings. The quantitative estimate of drug-likeness (QED) is 0.911. The Labute approximate surface area is 154 Å². The first kappa shape index (κ1) is 16.9. The molecule has 2 heterocycles. The molecule has 0 aliphatic carbocycles. The lowest BCUT2D eigenvalue weighted by Gasteiger charge is -2.32. The van der Waals surface area contributed by atoms with Crippen LogP contribution >= 0.6 is 0 Å². The molecular formula is C21H25N2O3+. The maximum absolute atomic E-state index is 12.7. The van der Waals surface area contributed by atoms with Gasteiger partial charge in [0.2, 0.25) is 6.79 Å². The fourth-order valence-corrected chi connectivity index (χ4v) is 3.60. The van der Waals surface area contributed by atoms with Crippen molar-refractivity contribution in [2.24, 2.45) is 0 Å². The van der Waals surface area contributed by atoms with E-state index in [0.29, 0.717) is 6.79 Å². The van der Waals surface area contributed by atoms with Crippen LogP contribution in [0.2, 0.25) is 0 Å². The van der Waals surface area contributed by atoms with Crippen molar-refractivity contribution in [3.05, 3.63) is 58.7 Å². The topological polar surface area (TPSA) is 43.2 Å². The van der Waals surface area contributed by atoms with Crippen LogP contribution in [0.4, 0.5) is 0 Å². The number of nitrogens with zero attached hydrogens (tertiary/aromatic N) is 1. The summed E-state index contributed by atoms with van der Waals surface area (Å²) in [6.07, 6.45) is 0. The standard InChI is InChI=1S/C21H24N2O3/c1-15-3-5-18(11-16(15)2)21(24)23-9-7-22(8-10-23)13-17-4-6-19-20(12-17)26-14-25-19/h3-6,11-12H,7-10,13-14H2,1-2H3/p+1. The predicted molar refractivity (Wildman–Crippen MR) is 98.8 cm³/mol. The van der Waals surface area contributed by atoms with E-state index in [0.717, 1.165) is 49.8 Å². The van der Waals surface area contributed by atoms with E-state index in [-0.39, 0.29) is 5.91 Å². The summed E-state index contributed by atoms with van der Waals surface area (Å²) in [5, 5.41) is 0. The molecule has 1 saturated heterocycles. The molecule has 0 aromatic heterocycles. The van der Waals surface area contributed by atoms with Gasteiger partial charge in [0.15, 0.2) is 11.5 Å². The van der Waals surface area contributed by atoms with Gasteiger partial charge in [-0.3, -0.25) is 4.79 Å². The number of ether oxygens (including phenoxy) is 2. The highest BCUT2D eigenvalue weighted by Gasteiger charge is 2.25. The van der Waals surface area contributed by atoms with Gasteiger partial charge in [-0.15, -0.1) is 0 Å². The SMILES string of the molecule is Cc1ccc(C(=O)N2CC[NH+](Cc3ccc4c(c3)OCO4)CC2)cc1C. The molecule has 1 N–H and O–H groups in total. The van der Waals surface area contributed by atoms with E-state index < -0.39 is 0 Å². The molecule has 26 heavy (non-hydrogen) atoms. The van der Waals surface area contributed by atoms with Gasteiger partial charge in [-0.25, -0.2) is 0 Å². The number of amides is 1. The van der Waals surface area contributed by atoms with Crippen molar-refractivity contribution < 1.29 is 19.2 Å². The lowest BCUT2D eigenvalue weighted by atomic mass is 10.1. The average Bonchev–Trinajstić information content (AvgIpc) is 3.12. The van der Waals surface area contributed by atoms with E-state index in [1.165, 1.54) is 21.6 Å². The number of benzene rings is 2. The molecule has 5 heteroatoms. The molecule has 4 rings (SSSR count). The Morgan fingerprint density at radius 2 is 1.77 bits per heavy atom. The summed E-state index contributed by atoms with van der Waals surface area (Å²) in [5.41, 5.74) is 4.44. The van der Waals surface area contributed by atoms with Crippen LogP contribution in [0, 0.1) is 13.8 Å². The monoisotopic (exact) mass is 353 g/mol. The van der Waals surface area contributed by atoms with Crippen molar-refractivity contribution in [1.82, 2.24) is 4.90 Å². The Hall–Kier alpha value is -2.53. The van der Waals surface area contributed by atoms with Gasteiger partial charge >= 0.3 is 0 Å². The largest absolute Gasteiger partial charge is 0.454 e. The van der Waals surface area contributed by atoms with E-state index in [4.69, 9.17) is 9.47 Å². The van der Waals surface area contributed by atoms with Crippen molar-refractivity contribution in [1.29, 1.82) is 0 Å². The average molecular weight is 353 g/mol. The number of carbonyl (C=O) groups is 1. The van der Waals surface area contributed by atoms with Crippen molar-refractivity contribution in [2.45, 2.75) is 20.4 Å². The van der Waals surface area contributed by atoms with E-state index >= 15 is 0 Å². The van der Waals surface area contributed by atoms with Gasteiger partial charge in [0, 0.05) is 11.1 Å². The Morgan fingerprint density at radius 1 is 1.00 bits per heavy atom. The molecule has 1 fully saturated rings. The van der Waals surface area contributed by atoms with Gasteiger partial charge in [0.25, 0.3) is 5.91 Å². The normalized spacial score (nSPS) is 16.8. The van der Waals surface area contributed by atoms with Crippen LogP contribution < -0.4 is 14.4 Å². The highest BCUT2D eigenvalue weighted by Crippen LogP contribution is 2.32. The number of carbonyl (C=O) groups excluding carboxylic acids is 1. The first-order chi connectivity index (χ1) is 12.6. The lowest BCUT2D eigenvalue weighted by Crippen LogP contribution is -3.13. The maximum Gasteiger partial charge on any atom is 0.254 e. The third kappa shape index (κ3) is 3.40. The van der Waals surface area contributed by atoms with Crippen molar-refractivity contribution in [3.8, 4) is 11.5 Å². The fraction of sp³-hybridized carbons (Fsp3) is 0.381. The maximum atomic E-state index is 12.7. The van der Waals surface area contributed by atoms with E-state index in [1.807, 2.05) is 29.2 Å². The number of piperazine rings is 1. The van der Waals surface area contributed by atoms with Crippen molar-refractivity contribution in [2.75, 3.05) is 33.0 Å². The molecule has 1 amide bonds. The minimum atomic E-state index is 0.148. The second-order valence-corrected chi connectivity index (χ2v) is 7.21. The third-order valence-corrected chi connectivity index (χ3v) is 5.40. The van der Waals surface area contributed by atoms with Crippen LogP contribution in [0.25, 0.3) is 0 Å². The van der Waals surface area contributed by atoms with E-state index in [2.05, 4.69) is 26.0 Å². The van der Waals surface area contributed by atoms with E-state index in [1.54, 1.807) is 0 Å². The third-order valence-electron chi connectivity index (χ3n) is 5.40. The van der Waals surface area contributed by atoms with Crippen molar-refractivity contribution >= 4 is 5.91 Å². The Morgan fingerprint density at radius 3 is 2.54 bits per heavy atom. The zero-order valence-electron chi connectivity index (χ0n) is 15.4. The first-order valence-electron chi connectivity index (χ1n) is 9.19. The summed E-state index contributed by atoms with van der Waals surface area (Å²) in [4.78, 5) is 16.2. The zero-order valence-corrected chi connectivity index (χ0v) is 15.4. The molecule has 136 valence electrons. The summed E-state index contributed by atoms with van der Waals surface area (Å²) in [6.45, 7) is 8.90. The van der Waals surface area contributed by atoms with Gasteiger partial charge in [0.1, 0.15) is 6.54 Å². The van der Waals surface area contributed by atoms with E-state index in [9.17, 15) is 4.79 Å². The van der Waals surface area contributed by atoms with Gasteiger partial charge in [-0.2, -0.15) is 0 Å². The molecule has 0 atom stereocenters. The second kappa shape index (κ2) is 7.00. The highest BCUT2D eigenvalue weighted by molar-refractivity contribution is 5.94. The first-order valence-corrected chi connectivity index (χ1v) is 9.19. The molecule has 0 bridgehead atoms. The molecule has 2 aliphatic heterocycles. The van der Waals surface area contributed by atoms with Crippen LogP contribution in [0.5, 0.6) is 11.5 Å². The molecule has 0 radical (unpaired) electrons. The van der Waals surface area contributed by atoms with Crippen molar-refractivity contribution in [3.63, 3.8) is 0 Å². The van der Waals surface area contributed by atoms with Crippen LogP contribution in [-0.4, -0.2) is 43.8 Å². The number of rotatable bonds is 3. The Bertz CT molecular complexity index is 826.